The number of hydrogen-bond acceptors (Lipinski definition) is 5. The predicted molar refractivity (Wildman–Crippen MR) is 99.4 cm³/mol. The van der Waals surface area contributed by atoms with Gasteiger partial charge in [-0.3, -0.25) is 0 Å². The molecule has 132 valence electrons. The Hall–Kier alpha value is -1.09. The molecule has 0 bridgehead atoms. The molecule has 1 aliphatic heterocycles. The van der Waals surface area contributed by atoms with Crippen LogP contribution in [0, 0.1) is 17.2 Å². The zero-order valence-corrected chi connectivity index (χ0v) is 15.5. The molecule has 1 aromatic rings. The van der Waals surface area contributed by atoms with Crippen LogP contribution in [0.4, 0.5) is 5.00 Å². The first-order valence-corrected chi connectivity index (χ1v) is 10.2. The van der Waals surface area contributed by atoms with Crippen LogP contribution >= 0.6 is 11.3 Å². The molecular formula is C19H29N3OS. The zero-order valence-electron chi connectivity index (χ0n) is 14.7. The van der Waals surface area contributed by atoms with Gasteiger partial charge in [-0.15, -0.1) is 11.3 Å². The number of nitriles is 1. The number of rotatable bonds is 5. The minimum absolute atomic E-state index is 0.571. The van der Waals surface area contributed by atoms with E-state index >= 15 is 0 Å². The summed E-state index contributed by atoms with van der Waals surface area (Å²) in [6.45, 7) is 5.53. The summed E-state index contributed by atoms with van der Waals surface area (Å²) < 4.78 is 0. The van der Waals surface area contributed by atoms with Crippen LogP contribution in [0.1, 0.15) is 61.5 Å². The smallest absolute Gasteiger partial charge is 0.126 e. The second-order valence-electron chi connectivity index (χ2n) is 7.35. The van der Waals surface area contributed by atoms with Gasteiger partial charge in [0.25, 0.3) is 0 Å². The van der Waals surface area contributed by atoms with Crippen molar-refractivity contribution in [1.29, 1.82) is 5.26 Å². The summed E-state index contributed by atoms with van der Waals surface area (Å²) in [6.07, 6.45) is 8.41. The molecule has 1 atom stereocenters. The highest BCUT2D eigenvalue weighted by Crippen LogP contribution is 2.37. The lowest BCUT2D eigenvalue weighted by molar-refractivity contribution is 0.141. The number of hydrogen-bond donors (Lipinski definition) is 2. The zero-order chi connectivity index (χ0) is 16.9. The summed E-state index contributed by atoms with van der Waals surface area (Å²) in [5.74, 6) is 0.837. The van der Waals surface area contributed by atoms with Crippen LogP contribution < -0.4 is 5.32 Å². The van der Waals surface area contributed by atoms with Gasteiger partial charge >= 0.3 is 0 Å². The molecule has 0 aromatic carbocycles. The van der Waals surface area contributed by atoms with Crippen LogP contribution in [0.2, 0.25) is 0 Å². The largest absolute Gasteiger partial charge is 0.374 e. The van der Waals surface area contributed by atoms with Gasteiger partial charge in [-0.1, -0.05) is 13.3 Å². The average molecular weight is 348 g/mol. The fourth-order valence-electron chi connectivity index (χ4n) is 3.78. The summed E-state index contributed by atoms with van der Waals surface area (Å²) in [7, 11) is 0. The first kappa shape index (κ1) is 17.7. The van der Waals surface area contributed by atoms with Crippen molar-refractivity contribution in [2.45, 2.75) is 64.5 Å². The van der Waals surface area contributed by atoms with E-state index in [1.807, 2.05) is 0 Å². The Labute approximate surface area is 149 Å². The van der Waals surface area contributed by atoms with E-state index in [0.29, 0.717) is 6.42 Å². The van der Waals surface area contributed by atoms with Crippen molar-refractivity contribution < 1.29 is 5.11 Å². The summed E-state index contributed by atoms with van der Waals surface area (Å²) in [6, 6.07) is 2.37. The molecule has 2 aliphatic rings. The highest BCUT2D eigenvalue weighted by molar-refractivity contribution is 7.16. The molecule has 0 spiro atoms. The number of nitrogens with one attached hydrogen (secondary N) is 1. The number of aryl methyl sites for hydroxylation is 1. The molecule has 5 heteroatoms. The Kier molecular flexibility index (Phi) is 6.15. The van der Waals surface area contributed by atoms with E-state index in [1.165, 1.54) is 42.5 Å². The van der Waals surface area contributed by atoms with Crippen molar-refractivity contribution in [3.63, 3.8) is 0 Å². The molecule has 1 fully saturated rings. The van der Waals surface area contributed by atoms with Crippen molar-refractivity contribution in [1.82, 2.24) is 4.90 Å². The molecule has 0 amide bonds. The van der Waals surface area contributed by atoms with Gasteiger partial charge in [0.05, 0.1) is 5.56 Å². The van der Waals surface area contributed by atoms with E-state index in [0.717, 1.165) is 49.0 Å². The SMILES string of the molecule is CC1CCN(CCC(O)Nc2sc3c(c2C#N)CCCCC3)CC1. The maximum absolute atomic E-state index is 10.4. The monoisotopic (exact) mass is 347 g/mol. The van der Waals surface area contributed by atoms with Gasteiger partial charge in [-0.05, 0) is 63.1 Å². The highest BCUT2D eigenvalue weighted by Gasteiger charge is 2.21. The summed E-state index contributed by atoms with van der Waals surface area (Å²) in [5.41, 5.74) is 2.02. The van der Waals surface area contributed by atoms with Gasteiger partial charge in [0.15, 0.2) is 0 Å². The van der Waals surface area contributed by atoms with E-state index in [2.05, 4.69) is 23.2 Å². The van der Waals surface area contributed by atoms with Gasteiger partial charge in [0, 0.05) is 17.8 Å². The van der Waals surface area contributed by atoms with Crippen LogP contribution in [0.5, 0.6) is 0 Å². The minimum Gasteiger partial charge on any atom is -0.374 e. The van der Waals surface area contributed by atoms with Gasteiger partial charge in [-0.25, -0.2) is 0 Å². The Morgan fingerprint density at radius 1 is 1.29 bits per heavy atom. The Bertz CT molecular complexity index is 584. The average Bonchev–Trinajstić information content (AvgIpc) is 2.74. The number of aliphatic hydroxyl groups is 1. The fraction of sp³-hybridized carbons (Fsp3) is 0.737. The minimum atomic E-state index is -0.571. The lowest BCUT2D eigenvalue weighted by atomic mass is 9.99. The van der Waals surface area contributed by atoms with Crippen LogP contribution in [0.15, 0.2) is 0 Å². The summed E-state index contributed by atoms with van der Waals surface area (Å²) in [4.78, 5) is 3.79. The summed E-state index contributed by atoms with van der Waals surface area (Å²) >= 11 is 1.68. The van der Waals surface area contributed by atoms with Gasteiger partial charge < -0.3 is 15.3 Å². The van der Waals surface area contributed by atoms with Gasteiger partial charge in [0.1, 0.15) is 17.3 Å². The molecular weight excluding hydrogens is 318 g/mol. The first-order chi connectivity index (χ1) is 11.7. The molecule has 2 heterocycles. The van der Waals surface area contributed by atoms with E-state index in [9.17, 15) is 10.4 Å². The Morgan fingerprint density at radius 2 is 2.04 bits per heavy atom. The first-order valence-electron chi connectivity index (χ1n) is 9.39. The molecule has 0 radical (unpaired) electrons. The number of likely N-dealkylation sites (tertiary alicyclic amines) is 1. The molecule has 1 aromatic heterocycles. The normalized spacial score (nSPS) is 20.9. The molecule has 1 aliphatic carbocycles. The number of anilines is 1. The Morgan fingerprint density at radius 3 is 2.79 bits per heavy atom. The van der Waals surface area contributed by atoms with Crippen molar-refractivity contribution >= 4 is 16.3 Å². The maximum atomic E-state index is 10.4. The van der Waals surface area contributed by atoms with Crippen LogP contribution in [-0.4, -0.2) is 35.9 Å². The van der Waals surface area contributed by atoms with E-state index in [4.69, 9.17) is 0 Å². The number of thiophene rings is 1. The van der Waals surface area contributed by atoms with Crippen molar-refractivity contribution in [3.8, 4) is 6.07 Å². The van der Waals surface area contributed by atoms with Crippen LogP contribution in [0.3, 0.4) is 0 Å². The van der Waals surface area contributed by atoms with Crippen LogP contribution in [-0.2, 0) is 12.8 Å². The van der Waals surface area contributed by atoms with Crippen molar-refractivity contribution in [2.24, 2.45) is 5.92 Å². The molecule has 1 saturated heterocycles. The predicted octanol–water partition coefficient (Wildman–Crippen LogP) is 3.74. The van der Waals surface area contributed by atoms with Gasteiger partial charge in [-0.2, -0.15) is 5.26 Å². The fourth-order valence-corrected chi connectivity index (χ4v) is 5.06. The summed E-state index contributed by atoms with van der Waals surface area (Å²) in [5, 5.41) is 24.0. The molecule has 0 saturated carbocycles. The number of fused-ring (bicyclic) bond motifs is 1. The van der Waals surface area contributed by atoms with Gasteiger partial charge in [0.2, 0.25) is 0 Å². The van der Waals surface area contributed by atoms with Crippen molar-refractivity contribution in [3.05, 3.63) is 16.0 Å². The molecule has 1 unspecified atom stereocenters. The third-order valence-corrected chi connectivity index (χ3v) is 6.65. The molecule has 2 N–H and O–H groups in total. The Balaban J connectivity index is 1.56. The third kappa shape index (κ3) is 4.30. The second-order valence-corrected chi connectivity index (χ2v) is 8.46. The second kappa shape index (κ2) is 8.33. The highest BCUT2D eigenvalue weighted by atomic mass is 32.1. The van der Waals surface area contributed by atoms with E-state index < -0.39 is 6.23 Å². The number of piperidine rings is 1. The standard InChI is InChI=1S/C19H29N3OS/c1-14-7-10-22(11-8-14)12-9-18(23)21-19-16(13-20)15-5-3-2-4-6-17(15)24-19/h14,18,21,23H,2-12H2,1H3. The molecule has 24 heavy (non-hydrogen) atoms. The lowest BCUT2D eigenvalue weighted by Gasteiger charge is -2.30. The van der Waals surface area contributed by atoms with E-state index in [1.54, 1.807) is 11.3 Å². The maximum Gasteiger partial charge on any atom is 0.126 e. The third-order valence-electron chi connectivity index (χ3n) is 5.43. The van der Waals surface area contributed by atoms with Crippen LogP contribution in [0.25, 0.3) is 0 Å². The molecule has 3 rings (SSSR count). The van der Waals surface area contributed by atoms with E-state index in [-0.39, 0.29) is 0 Å². The van der Waals surface area contributed by atoms with Crippen molar-refractivity contribution in [2.75, 3.05) is 25.0 Å². The lowest BCUT2D eigenvalue weighted by Crippen LogP contribution is -2.36. The topological polar surface area (TPSA) is 59.3 Å². The molecule has 4 nitrogen and oxygen atoms in total. The number of nitrogens with zero attached hydrogens (tertiary/aromatic N) is 2. The quantitative estimate of drug-likeness (QED) is 0.629. The number of aliphatic hydroxyl groups excluding tert-OH is 1.